The minimum absolute atomic E-state index is 0.195. The summed E-state index contributed by atoms with van der Waals surface area (Å²) in [5.74, 6) is 0.195. The van der Waals surface area contributed by atoms with Crippen molar-refractivity contribution in [1.82, 2.24) is 4.90 Å². The molecule has 2 aromatic rings. The van der Waals surface area contributed by atoms with Gasteiger partial charge in [0.05, 0.1) is 10.9 Å². The molecule has 2 nitrogen and oxygen atoms in total. The van der Waals surface area contributed by atoms with Gasteiger partial charge in [-0.3, -0.25) is 4.79 Å². The minimum Gasteiger partial charge on any atom is -0.334 e. The van der Waals surface area contributed by atoms with Crippen LogP contribution in [0.5, 0.6) is 0 Å². The molecule has 2 aliphatic carbocycles. The number of carbonyl (C=O) groups excluding carboxylic acids is 1. The van der Waals surface area contributed by atoms with Crippen molar-refractivity contribution in [2.24, 2.45) is 0 Å². The molecule has 0 N–H and O–H groups in total. The Hall–Kier alpha value is -1.61. The first-order valence-corrected chi connectivity index (χ1v) is 9.02. The molecule has 0 spiro atoms. The third kappa shape index (κ3) is 2.28. The number of amides is 1. The quantitative estimate of drug-likeness (QED) is 0.805. The predicted octanol–water partition coefficient (Wildman–Crippen LogP) is 4.39. The van der Waals surface area contributed by atoms with Crippen LogP contribution in [-0.2, 0) is 19.3 Å². The van der Waals surface area contributed by atoms with Gasteiger partial charge in [0.1, 0.15) is 0 Å². The van der Waals surface area contributed by atoms with Gasteiger partial charge in [-0.25, -0.2) is 0 Å². The molecule has 2 aliphatic rings. The highest BCUT2D eigenvalue weighted by Crippen LogP contribution is 2.36. The Bertz CT molecular complexity index is 696. The SMILES string of the molecule is CN(C(=O)c1cc2c(s1)CCC2)[C@H]1CCCc2ccccc21. The minimum atomic E-state index is 0.195. The number of carbonyl (C=O) groups is 1. The number of nitrogens with zero attached hydrogens (tertiary/aromatic N) is 1. The zero-order chi connectivity index (χ0) is 15.1. The summed E-state index contributed by atoms with van der Waals surface area (Å²) in [4.78, 5) is 17.2. The summed E-state index contributed by atoms with van der Waals surface area (Å²) in [6, 6.07) is 11.0. The molecular weight excluding hydrogens is 290 g/mol. The molecule has 1 aromatic carbocycles. The maximum Gasteiger partial charge on any atom is 0.264 e. The molecule has 0 bridgehead atoms. The molecule has 22 heavy (non-hydrogen) atoms. The van der Waals surface area contributed by atoms with Gasteiger partial charge in [0.25, 0.3) is 5.91 Å². The van der Waals surface area contributed by atoms with Crippen molar-refractivity contribution in [3.8, 4) is 0 Å². The fourth-order valence-electron chi connectivity index (χ4n) is 3.88. The molecule has 1 atom stereocenters. The molecule has 0 fully saturated rings. The number of rotatable bonds is 2. The largest absolute Gasteiger partial charge is 0.334 e. The second kappa shape index (κ2) is 5.54. The summed E-state index contributed by atoms with van der Waals surface area (Å²) in [7, 11) is 1.97. The third-order valence-electron chi connectivity index (χ3n) is 5.08. The molecule has 4 rings (SSSR count). The number of fused-ring (bicyclic) bond motifs is 2. The van der Waals surface area contributed by atoms with E-state index >= 15 is 0 Å². The molecule has 3 heteroatoms. The number of benzene rings is 1. The predicted molar refractivity (Wildman–Crippen MR) is 90.6 cm³/mol. The zero-order valence-corrected chi connectivity index (χ0v) is 13.8. The van der Waals surface area contributed by atoms with E-state index in [1.807, 2.05) is 11.9 Å². The first-order valence-electron chi connectivity index (χ1n) is 8.20. The van der Waals surface area contributed by atoms with Crippen LogP contribution in [0.2, 0.25) is 0 Å². The zero-order valence-electron chi connectivity index (χ0n) is 13.0. The molecule has 0 saturated carbocycles. The Balaban J connectivity index is 1.61. The molecule has 0 unspecified atom stereocenters. The van der Waals surface area contributed by atoms with Gasteiger partial charge in [-0.15, -0.1) is 11.3 Å². The van der Waals surface area contributed by atoms with Crippen molar-refractivity contribution >= 4 is 17.2 Å². The Morgan fingerprint density at radius 3 is 2.82 bits per heavy atom. The van der Waals surface area contributed by atoms with E-state index < -0.39 is 0 Å². The normalized spacial score (nSPS) is 19.6. The molecule has 0 saturated heterocycles. The van der Waals surface area contributed by atoms with Crippen molar-refractivity contribution in [3.63, 3.8) is 0 Å². The maximum absolute atomic E-state index is 12.9. The van der Waals surface area contributed by atoms with Gasteiger partial charge < -0.3 is 4.90 Å². The average molecular weight is 311 g/mol. The highest BCUT2D eigenvalue weighted by molar-refractivity contribution is 7.14. The van der Waals surface area contributed by atoms with Gasteiger partial charge in [-0.2, -0.15) is 0 Å². The lowest BCUT2D eigenvalue weighted by Gasteiger charge is -2.33. The van der Waals surface area contributed by atoms with Gasteiger partial charge in [-0.05, 0) is 61.3 Å². The highest BCUT2D eigenvalue weighted by Gasteiger charge is 2.28. The number of hydrogen-bond acceptors (Lipinski definition) is 2. The molecule has 1 aromatic heterocycles. The number of aryl methyl sites for hydroxylation is 3. The van der Waals surface area contributed by atoms with Gasteiger partial charge in [0, 0.05) is 11.9 Å². The van der Waals surface area contributed by atoms with Crippen molar-refractivity contribution < 1.29 is 4.79 Å². The summed E-state index contributed by atoms with van der Waals surface area (Å²) in [5, 5.41) is 0. The second-order valence-corrected chi connectivity index (χ2v) is 7.57. The van der Waals surface area contributed by atoms with E-state index in [0.29, 0.717) is 0 Å². The molecule has 0 radical (unpaired) electrons. The average Bonchev–Trinajstić information content (AvgIpc) is 3.14. The van der Waals surface area contributed by atoms with E-state index in [9.17, 15) is 4.79 Å². The summed E-state index contributed by atoms with van der Waals surface area (Å²) in [6.45, 7) is 0. The Labute approximate surface area is 135 Å². The van der Waals surface area contributed by atoms with Gasteiger partial charge in [0.2, 0.25) is 0 Å². The molecule has 114 valence electrons. The van der Waals surface area contributed by atoms with E-state index in [2.05, 4.69) is 30.3 Å². The van der Waals surface area contributed by atoms with Gasteiger partial charge in [0.15, 0.2) is 0 Å². The van der Waals surface area contributed by atoms with Gasteiger partial charge in [-0.1, -0.05) is 24.3 Å². The molecule has 0 aliphatic heterocycles. The highest BCUT2D eigenvalue weighted by atomic mass is 32.1. The van der Waals surface area contributed by atoms with Crippen molar-refractivity contribution in [1.29, 1.82) is 0 Å². The van der Waals surface area contributed by atoms with Crippen LogP contribution in [0, 0.1) is 0 Å². The Morgan fingerprint density at radius 2 is 1.95 bits per heavy atom. The van der Waals surface area contributed by atoms with Crippen LogP contribution in [0.15, 0.2) is 30.3 Å². The molecule has 1 heterocycles. The first-order chi connectivity index (χ1) is 10.7. The summed E-state index contributed by atoms with van der Waals surface area (Å²) >= 11 is 1.71. The standard InChI is InChI=1S/C19H21NOS/c1-20(16-10-4-7-13-6-2-3-9-15(13)16)19(21)18-12-14-8-5-11-17(14)22-18/h2-3,6,9,12,16H,4-5,7-8,10-11H2,1H3/t16-/m0/s1. The smallest absolute Gasteiger partial charge is 0.264 e. The summed E-state index contributed by atoms with van der Waals surface area (Å²) < 4.78 is 0. The van der Waals surface area contributed by atoms with Crippen LogP contribution in [-0.4, -0.2) is 17.9 Å². The van der Waals surface area contributed by atoms with E-state index in [1.54, 1.807) is 11.3 Å². The lowest BCUT2D eigenvalue weighted by atomic mass is 9.87. The number of thiophene rings is 1. The van der Waals surface area contributed by atoms with Crippen molar-refractivity contribution in [2.45, 2.75) is 44.6 Å². The van der Waals surface area contributed by atoms with E-state index in [4.69, 9.17) is 0 Å². The van der Waals surface area contributed by atoms with Crippen molar-refractivity contribution in [3.05, 3.63) is 56.8 Å². The van der Waals surface area contributed by atoms with Crippen LogP contribution in [0.4, 0.5) is 0 Å². The van der Waals surface area contributed by atoms with Crippen molar-refractivity contribution in [2.75, 3.05) is 7.05 Å². The summed E-state index contributed by atoms with van der Waals surface area (Å²) in [5.41, 5.74) is 4.16. The maximum atomic E-state index is 12.9. The van der Waals surface area contributed by atoms with Crippen LogP contribution < -0.4 is 0 Å². The lowest BCUT2D eigenvalue weighted by Crippen LogP contribution is -2.32. The third-order valence-corrected chi connectivity index (χ3v) is 6.31. The monoisotopic (exact) mass is 311 g/mol. The van der Waals surface area contributed by atoms with E-state index in [0.717, 1.165) is 30.6 Å². The summed E-state index contributed by atoms with van der Waals surface area (Å²) in [6.07, 6.45) is 6.94. The van der Waals surface area contributed by atoms with Crippen LogP contribution in [0.3, 0.4) is 0 Å². The van der Waals surface area contributed by atoms with Crippen LogP contribution >= 0.6 is 11.3 Å². The Kier molecular flexibility index (Phi) is 3.53. The number of hydrogen-bond donors (Lipinski definition) is 0. The topological polar surface area (TPSA) is 20.3 Å². The van der Waals surface area contributed by atoms with E-state index in [-0.39, 0.29) is 11.9 Å². The first kappa shape index (κ1) is 14.0. The van der Waals surface area contributed by atoms with Gasteiger partial charge >= 0.3 is 0 Å². The van der Waals surface area contributed by atoms with Crippen LogP contribution in [0.25, 0.3) is 0 Å². The van der Waals surface area contributed by atoms with Crippen LogP contribution in [0.1, 0.15) is 56.5 Å². The van der Waals surface area contributed by atoms with E-state index in [1.165, 1.54) is 34.4 Å². The molecular formula is C19H21NOS. The Morgan fingerprint density at radius 1 is 1.14 bits per heavy atom. The lowest BCUT2D eigenvalue weighted by molar-refractivity contribution is 0.0720. The molecule has 1 amide bonds. The fraction of sp³-hybridized carbons (Fsp3) is 0.421. The second-order valence-electron chi connectivity index (χ2n) is 6.44. The fourth-order valence-corrected chi connectivity index (χ4v) is 5.12.